The average Bonchev–Trinajstić information content (AvgIpc) is 3.47. The van der Waals surface area contributed by atoms with Crippen molar-refractivity contribution in [3.63, 3.8) is 0 Å². The molecular formula is C42H70O35. The first-order valence-electron chi connectivity index (χ1n) is 24.6. The van der Waals surface area contributed by atoms with Gasteiger partial charge in [0.1, 0.15) is 171 Å². The van der Waals surface area contributed by atoms with Crippen molar-refractivity contribution >= 4 is 0 Å². The molecule has 21 aliphatic heterocycles. The number of aliphatic hydroxyl groups is 21. The second-order valence-corrected chi connectivity index (χ2v) is 19.7. The molecule has 21 aliphatic rings. The third kappa shape index (κ3) is 12.1. The Hall–Kier alpha value is -1.40. The van der Waals surface area contributed by atoms with Crippen molar-refractivity contribution in [2.75, 3.05) is 46.2 Å². The second kappa shape index (κ2) is 26.0. The minimum Gasteiger partial charge on any atom is -0.394 e. The van der Waals surface area contributed by atoms with E-state index in [4.69, 9.17) is 66.3 Å². The summed E-state index contributed by atoms with van der Waals surface area (Å²) < 4.78 is 79.5. The van der Waals surface area contributed by atoms with Crippen LogP contribution in [0.3, 0.4) is 0 Å². The van der Waals surface area contributed by atoms with Crippen molar-refractivity contribution in [1.82, 2.24) is 0 Å². The van der Waals surface area contributed by atoms with E-state index in [-0.39, 0.29) is 0 Å². The number of aliphatic hydroxyl groups excluding tert-OH is 21. The van der Waals surface area contributed by atoms with E-state index in [0.717, 1.165) is 0 Å². The number of hydrogen-bond donors (Lipinski definition) is 21. The Morgan fingerprint density at radius 2 is 0.260 bits per heavy atom. The minimum atomic E-state index is -2.21. The van der Waals surface area contributed by atoms with Crippen LogP contribution in [0.2, 0.25) is 0 Å². The normalized spacial score (nSPS) is 55.4. The molecule has 77 heavy (non-hydrogen) atoms. The average molecular weight is 1130 g/mol. The Morgan fingerprint density at radius 1 is 0.156 bits per heavy atom. The van der Waals surface area contributed by atoms with Crippen LogP contribution in [0.25, 0.3) is 0 Å². The first-order chi connectivity index (χ1) is 36.7. The summed E-state index contributed by atoms with van der Waals surface area (Å²) in [6.45, 7) is -7.33. The SMILES string of the molecule is OCC1O[C@@H]2O[C@@H]3C(CO)O[C@H](O[C@@H]4C(CO)O[C@H](O[C@@H]5C(CO)O[C@H](O[C@@H]6C(CO)O[C@H](O[C@@H]7C(CO)O[C@H](O[C@@H]8C(CO)O[C@H](O[C@H]1C(O)C2O)C(O)C8O)C(O)C7O)C(O)C6O)C(O)C5O)C(O)C4O)C(O)C3O. The van der Waals surface area contributed by atoms with Crippen LogP contribution in [-0.4, -0.2) is 368 Å². The zero-order valence-corrected chi connectivity index (χ0v) is 40.3. The molecular weight excluding hydrogens is 1060 g/mol. The van der Waals surface area contributed by atoms with Crippen LogP contribution in [0.5, 0.6) is 0 Å². The zero-order chi connectivity index (χ0) is 56.1. The van der Waals surface area contributed by atoms with Gasteiger partial charge >= 0.3 is 0 Å². The fraction of sp³-hybridized carbons (Fsp3) is 1.00. The Bertz CT molecular complexity index is 1470. The molecule has 35 nitrogen and oxygen atoms in total. The first-order valence-corrected chi connectivity index (χ1v) is 24.6. The molecule has 14 bridgehead atoms. The molecule has 0 spiro atoms. The molecule has 21 unspecified atom stereocenters. The lowest BCUT2D eigenvalue weighted by Crippen LogP contribution is -2.68. The molecule has 448 valence electrons. The third-order valence-corrected chi connectivity index (χ3v) is 14.8. The molecule has 35 atom stereocenters. The summed E-state index contributed by atoms with van der Waals surface area (Å²) in [7, 11) is 0. The highest BCUT2D eigenvalue weighted by Crippen LogP contribution is 2.39. The molecule has 0 amide bonds. The Morgan fingerprint density at radius 3 is 0.351 bits per heavy atom. The molecule has 21 heterocycles. The van der Waals surface area contributed by atoms with Gasteiger partial charge < -0.3 is 174 Å². The van der Waals surface area contributed by atoms with Crippen LogP contribution >= 0.6 is 0 Å². The van der Waals surface area contributed by atoms with Gasteiger partial charge in [0.2, 0.25) is 0 Å². The predicted molar refractivity (Wildman–Crippen MR) is 228 cm³/mol. The highest BCUT2D eigenvalue weighted by Gasteiger charge is 2.59. The monoisotopic (exact) mass is 1130 g/mol. The first kappa shape index (κ1) is 61.7. The van der Waals surface area contributed by atoms with E-state index < -0.39 is 261 Å². The molecule has 35 heteroatoms. The summed E-state index contributed by atoms with van der Waals surface area (Å²) in [5.41, 5.74) is 0. The van der Waals surface area contributed by atoms with Gasteiger partial charge in [0, 0.05) is 0 Å². The van der Waals surface area contributed by atoms with E-state index in [1.54, 1.807) is 0 Å². The van der Waals surface area contributed by atoms with E-state index >= 15 is 0 Å². The zero-order valence-electron chi connectivity index (χ0n) is 40.3. The molecule has 21 rings (SSSR count). The molecule has 21 saturated heterocycles. The summed E-state index contributed by atoms with van der Waals surface area (Å²) in [5.74, 6) is 0. The molecule has 0 aromatic carbocycles. The van der Waals surface area contributed by atoms with Crippen molar-refractivity contribution in [1.29, 1.82) is 0 Å². The van der Waals surface area contributed by atoms with Crippen molar-refractivity contribution in [3.8, 4) is 0 Å². The number of hydrogen-bond acceptors (Lipinski definition) is 35. The maximum atomic E-state index is 11.3. The topological polar surface area (TPSA) is 554 Å². The van der Waals surface area contributed by atoms with Gasteiger partial charge in [-0.1, -0.05) is 0 Å². The molecule has 0 aromatic rings. The lowest BCUT2D eigenvalue weighted by Gasteiger charge is -2.50. The van der Waals surface area contributed by atoms with Crippen molar-refractivity contribution in [2.45, 2.75) is 215 Å². The molecule has 0 aliphatic carbocycles. The maximum Gasteiger partial charge on any atom is 0.187 e. The summed E-state index contributed by atoms with van der Waals surface area (Å²) in [6, 6.07) is 0. The second-order valence-electron chi connectivity index (χ2n) is 19.7. The van der Waals surface area contributed by atoms with Gasteiger partial charge in [-0.3, -0.25) is 0 Å². The number of ether oxygens (including phenoxy) is 14. The fourth-order valence-electron chi connectivity index (χ4n) is 10.4. The summed E-state index contributed by atoms with van der Waals surface area (Å²) >= 11 is 0. The molecule has 0 radical (unpaired) electrons. The Balaban J connectivity index is 1.08. The number of rotatable bonds is 7. The van der Waals surface area contributed by atoms with Gasteiger partial charge in [0.25, 0.3) is 0 Å². The fourth-order valence-corrected chi connectivity index (χ4v) is 10.4. The quantitative estimate of drug-likeness (QED) is 0.113. The standard InChI is InChI=1S/C42H70O35/c43-1-8-29-15(50)22(57)36(64-8)72-30-9(2-44)66-38(24(59)17(30)52)74-32-11(4-46)68-40(26(61)19(32)54)76-34-13(6-48)70-42(28(63)21(34)56)77-35-14(7-49)69-41(27(62)20(35)55)75-33-12(5-47)67-39(25(60)18(33)53)73-31-10(3-45)65-37(71-29)23(58)16(31)51/h8-63H,1-7H2/t8?,9?,10?,11?,12?,13?,14?,15?,16?,17?,18?,19?,20?,21?,22?,23?,24?,25?,26?,27?,28?,29-,30-,31-,32-,33-,34-,35-,36-,37-,38-,39-,40-,41-,42-/m1/s1. The van der Waals surface area contributed by atoms with Gasteiger partial charge in [-0.05, 0) is 0 Å². The van der Waals surface area contributed by atoms with E-state index in [1.807, 2.05) is 0 Å². The van der Waals surface area contributed by atoms with Crippen LogP contribution in [0.15, 0.2) is 0 Å². The van der Waals surface area contributed by atoms with E-state index in [0.29, 0.717) is 0 Å². The Labute approximate surface area is 434 Å². The van der Waals surface area contributed by atoms with Crippen molar-refractivity contribution in [2.24, 2.45) is 0 Å². The van der Waals surface area contributed by atoms with Crippen LogP contribution in [0, 0.1) is 0 Å². The van der Waals surface area contributed by atoms with Gasteiger partial charge in [-0.15, -0.1) is 0 Å². The maximum absolute atomic E-state index is 11.3. The van der Waals surface area contributed by atoms with Crippen LogP contribution in [0.4, 0.5) is 0 Å². The summed E-state index contributed by atoms with van der Waals surface area (Å²) in [6.07, 6.45) is -70.2. The van der Waals surface area contributed by atoms with E-state index in [9.17, 15) is 107 Å². The van der Waals surface area contributed by atoms with E-state index in [1.165, 1.54) is 0 Å². The van der Waals surface area contributed by atoms with Crippen LogP contribution < -0.4 is 0 Å². The largest absolute Gasteiger partial charge is 0.394 e. The third-order valence-electron chi connectivity index (χ3n) is 14.8. The minimum absolute atomic E-state index is 1.05. The summed E-state index contributed by atoms with van der Waals surface area (Å²) in [4.78, 5) is 0. The van der Waals surface area contributed by atoms with E-state index in [2.05, 4.69) is 0 Å². The van der Waals surface area contributed by atoms with Crippen LogP contribution in [-0.2, 0) is 66.3 Å². The lowest BCUT2D eigenvalue weighted by atomic mass is 9.95. The lowest BCUT2D eigenvalue weighted by molar-refractivity contribution is -0.396. The Kier molecular flexibility index (Phi) is 20.8. The van der Waals surface area contributed by atoms with Gasteiger partial charge in [0.15, 0.2) is 44.0 Å². The molecule has 21 N–H and O–H groups in total. The van der Waals surface area contributed by atoms with Crippen molar-refractivity contribution < 1.29 is 174 Å². The molecule has 21 fully saturated rings. The smallest absolute Gasteiger partial charge is 0.187 e. The van der Waals surface area contributed by atoms with Gasteiger partial charge in [-0.25, -0.2) is 0 Å². The van der Waals surface area contributed by atoms with Gasteiger partial charge in [0.05, 0.1) is 46.2 Å². The van der Waals surface area contributed by atoms with Gasteiger partial charge in [-0.2, -0.15) is 0 Å². The highest BCUT2D eigenvalue weighted by atomic mass is 16.8. The highest BCUT2D eigenvalue weighted by molar-refractivity contribution is 5.01. The van der Waals surface area contributed by atoms with Crippen LogP contribution in [0.1, 0.15) is 0 Å². The predicted octanol–water partition coefficient (Wildman–Crippen LogP) is -15.2. The summed E-state index contributed by atoms with van der Waals surface area (Å²) in [5, 5.41) is 230. The molecule has 0 aromatic heterocycles. The molecule has 0 saturated carbocycles. The van der Waals surface area contributed by atoms with Crippen molar-refractivity contribution in [3.05, 3.63) is 0 Å².